The number of carbonyl (C=O) groups excluding carboxylic acids is 1. The minimum atomic E-state index is -0.362. The highest BCUT2D eigenvalue weighted by molar-refractivity contribution is 5.71. The third-order valence-corrected chi connectivity index (χ3v) is 9.66. The van der Waals surface area contributed by atoms with E-state index in [0.717, 1.165) is 31.2 Å². The first-order valence-corrected chi connectivity index (χ1v) is 14.0. The van der Waals surface area contributed by atoms with Gasteiger partial charge in [-0.25, -0.2) is 4.79 Å². The van der Waals surface area contributed by atoms with Crippen LogP contribution in [0, 0.1) is 16.7 Å². The molecule has 2 bridgehead atoms. The van der Waals surface area contributed by atoms with Crippen molar-refractivity contribution in [2.75, 3.05) is 0 Å². The van der Waals surface area contributed by atoms with Crippen molar-refractivity contribution in [1.82, 2.24) is 15.1 Å². The van der Waals surface area contributed by atoms with Gasteiger partial charge in [-0.3, -0.25) is 4.68 Å². The molecule has 6 rings (SSSR count). The fourth-order valence-electron chi connectivity index (χ4n) is 7.77. The molecule has 2 aromatic carbocycles. The molecule has 5 nitrogen and oxygen atoms in total. The molecule has 3 aromatic rings. The number of fused-ring (bicyclic) bond motifs is 3. The average molecular weight is 498 g/mol. The highest BCUT2D eigenvalue weighted by Crippen LogP contribution is 2.62. The minimum Gasteiger partial charge on any atom is -0.389 e. The van der Waals surface area contributed by atoms with Crippen LogP contribution >= 0.6 is 0 Å². The van der Waals surface area contributed by atoms with E-state index in [0.29, 0.717) is 18.3 Å². The number of nitrogens with zero attached hydrogens (tertiary/aromatic N) is 2. The molecule has 0 aliphatic heterocycles. The number of hydrogen-bond acceptors (Lipinski definition) is 3. The molecular weight excluding hydrogens is 458 g/mol. The number of aromatic nitrogens is 2. The number of nitrogens with one attached hydrogen (secondary N) is 1. The van der Waals surface area contributed by atoms with E-state index in [4.69, 9.17) is 9.84 Å². The summed E-state index contributed by atoms with van der Waals surface area (Å²) >= 11 is 0. The second-order valence-electron chi connectivity index (χ2n) is 12.4. The van der Waals surface area contributed by atoms with Crippen LogP contribution < -0.4 is 10.1 Å². The van der Waals surface area contributed by atoms with Crippen molar-refractivity contribution in [2.45, 2.75) is 84.2 Å². The Morgan fingerprint density at radius 3 is 2.46 bits per heavy atom. The topological polar surface area (TPSA) is 56.1 Å². The van der Waals surface area contributed by atoms with Crippen LogP contribution in [-0.2, 0) is 13.0 Å². The van der Waals surface area contributed by atoms with Crippen LogP contribution in [0.1, 0.15) is 87.6 Å². The van der Waals surface area contributed by atoms with Crippen molar-refractivity contribution >= 4 is 6.09 Å². The van der Waals surface area contributed by atoms with Crippen LogP contribution in [0.3, 0.4) is 0 Å². The van der Waals surface area contributed by atoms with E-state index in [9.17, 15) is 4.79 Å². The third kappa shape index (κ3) is 4.36. The molecule has 5 heteroatoms. The summed E-state index contributed by atoms with van der Waals surface area (Å²) in [5.41, 5.74) is 5.01. The number of rotatable bonds is 5. The van der Waals surface area contributed by atoms with Gasteiger partial charge in [-0.2, -0.15) is 0 Å². The zero-order valence-electron chi connectivity index (χ0n) is 22.4. The predicted molar refractivity (Wildman–Crippen MR) is 146 cm³/mol. The SMILES string of the molecule is CC12CCC(C1)C(C)(C)[C@H]2NC(=O)Oc1nn(Cc2ccccc2)c2c1CCCCC2c1ccccc1. The maximum absolute atomic E-state index is 13.4. The van der Waals surface area contributed by atoms with Crippen molar-refractivity contribution in [3.63, 3.8) is 0 Å². The lowest BCUT2D eigenvalue weighted by molar-refractivity contribution is 0.103. The number of amides is 1. The van der Waals surface area contributed by atoms with Crippen LogP contribution in [0.4, 0.5) is 4.79 Å². The van der Waals surface area contributed by atoms with Gasteiger partial charge in [-0.1, -0.05) is 87.9 Å². The molecule has 194 valence electrons. The first-order chi connectivity index (χ1) is 17.8. The third-order valence-electron chi connectivity index (χ3n) is 9.66. The molecule has 1 N–H and O–H groups in total. The highest BCUT2D eigenvalue weighted by Gasteiger charge is 2.60. The predicted octanol–water partition coefficient (Wildman–Crippen LogP) is 7.09. The molecule has 2 saturated carbocycles. The van der Waals surface area contributed by atoms with Crippen molar-refractivity contribution in [1.29, 1.82) is 0 Å². The molecule has 37 heavy (non-hydrogen) atoms. The summed E-state index contributed by atoms with van der Waals surface area (Å²) in [5, 5.41) is 8.26. The summed E-state index contributed by atoms with van der Waals surface area (Å²) in [7, 11) is 0. The van der Waals surface area contributed by atoms with E-state index < -0.39 is 0 Å². The summed E-state index contributed by atoms with van der Waals surface area (Å²) in [4.78, 5) is 13.4. The number of carbonyl (C=O) groups is 1. The van der Waals surface area contributed by atoms with E-state index in [1.165, 1.54) is 36.1 Å². The smallest absolute Gasteiger partial charge is 0.389 e. The maximum Gasteiger partial charge on any atom is 0.414 e. The van der Waals surface area contributed by atoms with Gasteiger partial charge in [0.1, 0.15) is 0 Å². The summed E-state index contributed by atoms with van der Waals surface area (Å²) in [6.07, 6.45) is 7.41. The van der Waals surface area contributed by atoms with E-state index >= 15 is 0 Å². The Labute approximate surface area is 220 Å². The highest BCUT2D eigenvalue weighted by atomic mass is 16.6. The molecule has 1 heterocycles. The first kappa shape index (κ1) is 24.3. The number of ether oxygens (including phenoxy) is 1. The second kappa shape index (κ2) is 9.34. The molecular formula is C32H39N3O2. The Morgan fingerprint density at radius 1 is 1.03 bits per heavy atom. The zero-order valence-corrected chi connectivity index (χ0v) is 22.4. The number of benzene rings is 2. The van der Waals surface area contributed by atoms with Crippen molar-refractivity contribution in [2.24, 2.45) is 16.7 Å². The molecule has 4 atom stereocenters. The molecule has 3 aliphatic rings. The lowest BCUT2D eigenvalue weighted by Crippen LogP contribution is -2.53. The minimum absolute atomic E-state index is 0.0774. The molecule has 1 amide bonds. The lowest BCUT2D eigenvalue weighted by atomic mass is 9.68. The summed E-state index contributed by atoms with van der Waals surface area (Å²) < 4.78 is 8.19. The normalized spacial score (nSPS) is 27.9. The van der Waals surface area contributed by atoms with Gasteiger partial charge in [0.15, 0.2) is 0 Å². The Kier molecular flexibility index (Phi) is 6.13. The van der Waals surface area contributed by atoms with Gasteiger partial charge in [0.25, 0.3) is 0 Å². The van der Waals surface area contributed by atoms with E-state index in [1.807, 2.05) is 6.07 Å². The molecule has 2 fully saturated rings. The summed E-state index contributed by atoms with van der Waals surface area (Å²) in [6, 6.07) is 21.3. The standard InChI is InChI=1S/C32H39N3O2/c1-31(2)24-18-19-32(3,20-24)29(31)33-30(36)37-28-26-17-11-10-16-25(23-14-8-5-9-15-23)27(26)35(34-28)21-22-12-6-4-7-13-22/h4-9,12-15,24-25,29H,10-11,16-21H2,1-3H3,(H,33,36)/t24?,25?,29-,32?/m1/s1. The molecule has 3 unspecified atom stereocenters. The Bertz CT molecular complexity index is 1260. The monoisotopic (exact) mass is 497 g/mol. The van der Waals surface area contributed by atoms with Gasteiger partial charge in [-0.05, 0) is 66.4 Å². The second-order valence-corrected chi connectivity index (χ2v) is 12.4. The van der Waals surface area contributed by atoms with Gasteiger partial charge >= 0.3 is 6.09 Å². The molecule has 3 aliphatic carbocycles. The van der Waals surface area contributed by atoms with Crippen LogP contribution in [0.2, 0.25) is 0 Å². The zero-order chi connectivity index (χ0) is 25.6. The molecule has 0 radical (unpaired) electrons. The van der Waals surface area contributed by atoms with E-state index in [1.54, 1.807) is 0 Å². The largest absolute Gasteiger partial charge is 0.414 e. The first-order valence-electron chi connectivity index (χ1n) is 14.0. The molecule has 0 spiro atoms. The quantitative estimate of drug-likeness (QED) is 0.383. The maximum atomic E-state index is 13.4. The van der Waals surface area contributed by atoms with Gasteiger partial charge in [0.05, 0.1) is 12.2 Å². The average Bonchev–Trinajstić information content (AvgIpc) is 3.42. The summed E-state index contributed by atoms with van der Waals surface area (Å²) in [5.74, 6) is 1.38. The summed E-state index contributed by atoms with van der Waals surface area (Å²) in [6.45, 7) is 7.60. The number of hydrogen-bond donors (Lipinski definition) is 1. The van der Waals surface area contributed by atoms with Gasteiger partial charge in [-0.15, -0.1) is 5.10 Å². The molecule has 0 saturated heterocycles. The van der Waals surface area contributed by atoms with Crippen LogP contribution in [-0.4, -0.2) is 21.9 Å². The van der Waals surface area contributed by atoms with Crippen LogP contribution in [0.25, 0.3) is 0 Å². The van der Waals surface area contributed by atoms with E-state index in [-0.39, 0.29) is 28.9 Å². The van der Waals surface area contributed by atoms with Crippen LogP contribution in [0.15, 0.2) is 60.7 Å². The van der Waals surface area contributed by atoms with Crippen molar-refractivity contribution in [3.05, 3.63) is 83.0 Å². The van der Waals surface area contributed by atoms with Crippen molar-refractivity contribution < 1.29 is 9.53 Å². The van der Waals surface area contributed by atoms with Crippen LogP contribution in [0.5, 0.6) is 5.88 Å². The fourth-order valence-corrected chi connectivity index (χ4v) is 7.77. The van der Waals surface area contributed by atoms with Gasteiger partial charge in [0.2, 0.25) is 5.88 Å². The van der Waals surface area contributed by atoms with Crippen molar-refractivity contribution in [3.8, 4) is 5.88 Å². The Morgan fingerprint density at radius 2 is 1.76 bits per heavy atom. The Hall–Kier alpha value is -3.08. The lowest BCUT2D eigenvalue weighted by Gasteiger charge is -2.42. The fraction of sp³-hybridized carbons (Fsp3) is 0.500. The van der Waals surface area contributed by atoms with Gasteiger partial charge in [0, 0.05) is 17.5 Å². The molecule has 1 aromatic heterocycles. The van der Waals surface area contributed by atoms with E-state index in [2.05, 4.69) is 85.4 Å². The van der Waals surface area contributed by atoms with Gasteiger partial charge < -0.3 is 10.1 Å². The Balaban J connectivity index is 1.33.